The number of aryl methyl sites for hydroxylation is 1. The molecule has 2 heterocycles. The highest BCUT2D eigenvalue weighted by Gasteiger charge is 2.26. The van der Waals surface area contributed by atoms with E-state index >= 15 is 0 Å². The summed E-state index contributed by atoms with van der Waals surface area (Å²) in [7, 11) is 1.48. The van der Waals surface area contributed by atoms with E-state index in [1.807, 2.05) is 24.3 Å². The summed E-state index contributed by atoms with van der Waals surface area (Å²) in [5, 5.41) is 26.1. The largest absolute Gasteiger partial charge is 0.539 e. The number of fused-ring (bicyclic) bond motifs is 3. The van der Waals surface area contributed by atoms with Gasteiger partial charge in [0.15, 0.2) is 13.0 Å². The van der Waals surface area contributed by atoms with Gasteiger partial charge >= 0.3 is 0 Å². The van der Waals surface area contributed by atoms with Gasteiger partial charge in [-0.25, -0.2) is 4.98 Å². The molecule has 0 fully saturated rings. The molecule has 1 aliphatic rings. The molecule has 0 N–H and O–H groups in total. The van der Waals surface area contributed by atoms with Crippen molar-refractivity contribution in [2.75, 3.05) is 5.75 Å². The number of thioether (sulfide) groups is 1. The number of nitrogens with zero attached hydrogens (tertiary/aromatic N) is 5. The van der Waals surface area contributed by atoms with Crippen LogP contribution >= 0.6 is 11.8 Å². The van der Waals surface area contributed by atoms with Gasteiger partial charge in [-0.15, -0.1) is 10.2 Å². The Balaban J connectivity index is 1.47. The molecule has 0 unspecified atom stereocenters. The minimum Gasteiger partial charge on any atom is -0.539 e. The summed E-state index contributed by atoms with van der Waals surface area (Å²) in [5.41, 5.74) is 3.41. The van der Waals surface area contributed by atoms with Gasteiger partial charge in [0.05, 0.1) is 11.0 Å². The number of ketones is 1. The molecular weight excluding hydrogens is 366 g/mol. The Labute approximate surface area is 156 Å². The number of benzene rings is 2. The van der Waals surface area contributed by atoms with Crippen LogP contribution in [0.15, 0.2) is 46.1 Å². The SMILES string of the molecule is C[n+]1noc([O-])c1C(=O)CSc1nnc2c(n1)-c1cccc3cccc-2c13. The minimum absolute atomic E-state index is 0.0120. The first-order valence-electron chi connectivity index (χ1n) is 8.09. The topological polar surface area (TPSA) is 109 Å². The molecule has 8 nitrogen and oxygen atoms in total. The van der Waals surface area contributed by atoms with Crippen LogP contribution in [0.3, 0.4) is 0 Å². The molecule has 0 amide bonds. The highest BCUT2D eigenvalue weighted by Crippen LogP contribution is 2.44. The summed E-state index contributed by atoms with van der Waals surface area (Å²) in [6, 6.07) is 12.1. The monoisotopic (exact) mass is 377 g/mol. The highest BCUT2D eigenvalue weighted by atomic mass is 32.2. The van der Waals surface area contributed by atoms with E-state index in [1.54, 1.807) is 0 Å². The molecule has 5 rings (SSSR count). The van der Waals surface area contributed by atoms with Gasteiger partial charge in [0.1, 0.15) is 11.4 Å². The third kappa shape index (κ3) is 2.39. The van der Waals surface area contributed by atoms with E-state index in [0.717, 1.165) is 49.7 Å². The van der Waals surface area contributed by atoms with E-state index in [0.29, 0.717) is 5.16 Å². The van der Waals surface area contributed by atoms with Crippen molar-refractivity contribution in [1.29, 1.82) is 0 Å². The Morgan fingerprint density at radius 3 is 2.59 bits per heavy atom. The quantitative estimate of drug-likeness (QED) is 0.264. The van der Waals surface area contributed by atoms with Gasteiger partial charge in [0.25, 0.3) is 5.69 Å². The fraction of sp³-hybridized carbons (Fsp3) is 0.111. The molecule has 4 aromatic rings. The van der Waals surface area contributed by atoms with Gasteiger partial charge in [-0.3, -0.25) is 4.79 Å². The number of hydrogen-bond acceptors (Lipinski definition) is 8. The van der Waals surface area contributed by atoms with Gasteiger partial charge < -0.3 is 9.63 Å². The summed E-state index contributed by atoms with van der Waals surface area (Å²) < 4.78 is 5.61. The van der Waals surface area contributed by atoms with Crippen LogP contribution in [-0.4, -0.2) is 32.0 Å². The van der Waals surface area contributed by atoms with Crippen molar-refractivity contribution in [3.8, 4) is 28.5 Å². The Morgan fingerprint density at radius 2 is 1.89 bits per heavy atom. The lowest BCUT2D eigenvalue weighted by atomic mass is 10.0. The molecule has 0 bridgehead atoms. The first-order chi connectivity index (χ1) is 13.1. The van der Waals surface area contributed by atoms with Crippen molar-refractivity contribution in [3.05, 3.63) is 42.1 Å². The van der Waals surface area contributed by atoms with Gasteiger partial charge in [0, 0.05) is 16.5 Å². The average Bonchev–Trinajstić information content (AvgIpc) is 3.19. The van der Waals surface area contributed by atoms with Gasteiger partial charge in [-0.1, -0.05) is 52.8 Å². The summed E-state index contributed by atoms with van der Waals surface area (Å²) in [6.07, 6.45) is 0. The zero-order chi connectivity index (χ0) is 18.5. The Bertz CT molecular complexity index is 1210. The number of hydrogen-bond donors (Lipinski definition) is 0. The zero-order valence-electron chi connectivity index (χ0n) is 14.0. The van der Waals surface area contributed by atoms with E-state index in [1.165, 1.54) is 7.05 Å². The number of carbonyl (C=O) groups is 1. The maximum Gasteiger partial charge on any atom is 0.300 e. The van der Waals surface area contributed by atoms with Crippen molar-refractivity contribution >= 4 is 28.3 Å². The van der Waals surface area contributed by atoms with E-state index in [4.69, 9.17) is 0 Å². The Hall–Kier alpha value is -3.33. The predicted octanol–water partition coefficient (Wildman–Crippen LogP) is 1.53. The second-order valence-electron chi connectivity index (χ2n) is 6.05. The second kappa shape index (κ2) is 5.85. The zero-order valence-corrected chi connectivity index (χ0v) is 14.9. The molecular formula is C18H11N5O3S. The van der Waals surface area contributed by atoms with Crippen LogP contribution in [0.4, 0.5) is 0 Å². The predicted molar refractivity (Wildman–Crippen MR) is 93.9 cm³/mol. The lowest BCUT2D eigenvalue weighted by Gasteiger charge is -2.02. The molecule has 0 saturated carbocycles. The van der Waals surface area contributed by atoms with Crippen LogP contribution in [0.1, 0.15) is 10.5 Å². The molecule has 2 aromatic carbocycles. The normalized spacial score (nSPS) is 11.7. The molecule has 132 valence electrons. The summed E-state index contributed by atoms with van der Waals surface area (Å²) >= 11 is 1.12. The fourth-order valence-electron chi connectivity index (χ4n) is 3.28. The number of aromatic nitrogens is 5. The number of rotatable bonds is 4. The van der Waals surface area contributed by atoms with E-state index in [9.17, 15) is 9.90 Å². The van der Waals surface area contributed by atoms with Crippen molar-refractivity contribution in [2.24, 2.45) is 7.05 Å². The summed E-state index contributed by atoms with van der Waals surface area (Å²) in [5.74, 6) is -1.16. The number of Topliss-reactive ketones (excluding diaryl/α,β-unsaturated/α-hetero) is 1. The lowest BCUT2D eigenvalue weighted by molar-refractivity contribution is -0.741. The Kier molecular flexibility index (Phi) is 3.44. The maximum absolute atomic E-state index is 12.3. The first-order valence-corrected chi connectivity index (χ1v) is 9.08. The molecule has 0 radical (unpaired) electrons. The van der Waals surface area contributed by atoms with Gasteiger partial charge in [-0.05, 0) is 5.39 Å². The van der Waals surface area contributed by atoms with Crippen molar-refractivity contribution < 1.29 is 19.1 Å². The lowest BCUT2D eigenvalue weighted by Crippen LogP contribution is -2.37. The molecule has 9 heteroatoms. The summed E-state index contributed by atoms with van der Waals surface area (Å²) in [6.45, 7) is 0. The van der Waals surface area contributed by atoms with Crippen molar-refractivity contribution in [2.45, 2.75) is 5.16 Å². The molecule has 1 aliphatic carbocycles. The van der Waals surface area contributed by atoms with Crippen molar-refractivity contribution in [3.63, 3.8) is 0 Å². The van der Waals surface area contributed by atoms with E-state index < -0.39 is 11.7 Å². The molecule has 0 atom stereocenters. The van der Waals surface area contributed by atoms with Crippen LogP contribution in [0.2, 0.25) is 0 Å². The van der Waals surface area contributed by atoms with Crippen LogP contribution in [0.5, 0.6) is 5.95 Å². The first kappa shape index (κ1) is 15.9. The number of carbonyl (C=O) groups excluding carboxylic acids is 1. The van der Waals surface area contributed by atoms with E-state index in [2.05, 4.69) is 37.1 Å². The average molecular weight is 377 g/mol. The third-order valence-electron chi connectivity index (χ3n) is 4.44. The van der Waals surface area contributed by atoms with Crippen LogP contribution in [0, 0.1) is 0 Å². The smallest absolute Gasteiger partial charge is 0.300 e. The highest BCUT2D eigenvalue weighted by molar-refractivity contribution is 7.99. The van der Waals surface area contributed by atoms with Crippen LogP contribution in [0.25, 0.3) is 33.3 Å². The van der Waals surface area contributed by atoms with Gasteiger partial charge in [0.2, 0.25) is 10.9 Å². The maximum atomic E-state index is 12.3. The third-order valence-corrected chi connectivity index (χ3v) is 5.28. The van der Waals surface area contributed by atoms with Crippen LogP contribution < -0.4 is 9.79 Å². The van der Waals surface area contributed by atoms with Gasteiger partial charge in [-0.2, -0.15) is 0 Å². The summed E-state index contributed by atoms with van der Waals surface area (Å²) in [4.78, 5) is 16.9. The molecule has 27 heavy (non-hydrogen) atoms. The fourth-order valence-corrected chi connectivity index (χ4v) is 3.94. The second-order valence-corrected chi connectivity index (χ2v) is 6.99. The molecule has 0 aliphatic heterocycles. The van der Waals surface area contributed by atoms with E-state index in [-0.39, 0.29) is 11.4 Å². The van der Waals surface area contributed by atoms with Crippen molar-refractivity contribution in [1.82, 2.24) is 20.5 Å². The minimum atomic E-state index is -0.752. The molecule has 0 spiro atoms. The molecule has 2 aromatic heterocycles. The van der Waals surface area contributed by atoms with Crippen LogP contribution in [-0.2, 0) is 7.05 Å². The standard InChI is InChI=1S/C18H11N5O3S/c1-23-16(17(25)26-22-23)12(24)8-27-18-19-14-10-6-2-4-9-5-3-7-11(13(9)10)15(14)20-21-18/h2-7H,8H2,1H3. The Morgan fingerprint density at radius 1 is 1.15 bits per heavy atom. The molecule has 0 saturated heterocycles.